The highest BCUT2D eigenvalue weighted by molar-refractivity contribution is 7.89. The summed E-state index contributed by atoms with van der Waals surface area (Å²) in [5, 5.41) is 5.35. The molecule has 0 spiro atoms. The van der Waals surface area contributed by atoms with E-state index in [9.17, 15) is 34.8 Å². The second-order valence-corrected chi connectivity index (χ2v) is 10.5. The van der Waals surface area contributed by atoms with Crippen LogP contribution in [0.1, 0.15) is 12.0 Å². The molecule has 1 fully saturated rings. The average Bonchev–Trinajstić information content (AvgIpc) is 3.36. The van der Waals surface area contributed by atoms with Gasteiger partial charge in [-0.1, -0.05) is 24.3 Å². The lowest BCUT2D eigenvalue weighted by molar-refractivity contribution is -0.154. The van der Waals surface area contributed by atoms with E-state index in [4.69, 9.17) is 0 Å². The van der Waals surface area contributed by atoms with Gasteiger partial charge in [-0.15, -0.1) is 0 Å². The van der Waals surface area contributed by atoms with Crippen LogP contribution in [0, 0.1) is 5.92 Å². The molecule has 0 amide bonds. The molecule has 1 aliphatic heterocycles. The van der Waals surface area contributed by atoms with Crippen LogP contribution in [0.5, 0.6) is 6.01 Å². The van der Waals surface area contributed by atoms with Crippen LogP contribution in [-0.2, 0) is 16.2 Å². The van der Waals surface area contributed by atoms with Gasteiger partial charge in [-0.05, 0) is 42.7 Å². The smallest absolute Gasteiger partial charge is 0.422 e. The zero-order valence-corrected chi connectivity index (χ0v) is 20.8. The van der Waals surface area contributed by atoms with Gasteiger partial charge in [0.1, 0.15) is 0 Å². The normalized spacial score (nSPS) is 16.7. The molecule has 16 heteroatoms. The van der Waals surface area contributed by atoms with E-state index in [1.807, 2.05) is 0 Å². The summed E-state index contributed by atoms with van der Waals surface area (Å²) in [7, 11) is -3.69. The Morgan fingerprint density at radius 1 is 0.949 bits per heavy atom. The molecule has 39 heavy (non-hydrogen) atoms. The fourth-order valence-electron chi connectivity index (χ4n) is 3.76. The molecule has 0 saturated carbocycles. The van der Waals surface area contributed by atoms with Gasteiger partial charge in [-0.25, -0.2) is 8.42 Å². The first-order valence-electron chi connectivity index (χ1n) is 11.5. The molecule has 1 aromatic heterocycles. The summed E-state index contributed by atoms with van der Waals surface area (Å²) in [6.07, 6.45) is -8.81. The Kier molecular flexibility index (Phi) is 8.15. The van der Waals surface area contributed by atoms with E-state index in [2.05, 4.69) is 30.3 Å². The van der Waals surface area contributed by atoms with Gasteiger partial charge >= 0.3 is 18.4 Å². The molecule has 1 saturated heterocycles. The number of sulfonamides is 1. The highest BCUT2D eigenvalue weighted by Crippen LogP contribution is 2.31. The van der Waals surface area contributed by atoms with Crippen molar-refractivity contribution in [2.24, 2.45) is 5.92 Å². The third kappa shape index (κ3) is 7.69. The summed E-state index contributed by atoms with van der Waals surface area (Å²) in [5.74, 6) is -0.746. The van der Waals surface area contributed by atoms with Gasteiger partial charge in [0.05, 0.1) is 10.5 Å². The Morgan fingerprint density at radius 2 is 1.67 bits per heavy atom. The van der Waals surface area contributed by atoms with Crippen molar-refractivity contribution in [1.82, 2.24) is 19.3 Å². The minimum absolute atomic E-state index is 0.0682. The van der Waals surface area contributed by atoms with Gasteiger partial charge in [-0.2, -0.15) is 45.6 Å². The molecule has 1 atom stereocenters. The third-order valence-electron chi connectivity index (χ3n) is 5.60. The number of hydrogen-bond donors (Lipinski definition) is 2. The van der Waals surface area contributed by atoms with Crippen molar-refractivity contribution in [2.75, 3.05) is 36.9 Å². The monoisotopic (exact) mass is 576 g/mol. The first-order chi connectivity index (χ1) is 18.3. The van der Waals surface area contributed by atoms with Gasteiger partial charge in [0.25, 0.3) is 0 Å². The molecule has 1 unspecified atom stereocenters. The summed E-state index contributed by atoms with van der Waals surface area (Å²) < 4.78 is 109. The van der Waals surface area contributed by atoms with Crippen LogP contribution in [0.4, 0.5) is 43.9 Å². The number of halogens is 6. The minimum Gasteiger partial charge on any atom is -0.454 e. The molecule has 0 aliphatic carbocycles. The summed E-state index contributed by atoms with van der Waals surface area (Å²) in [6, 6.07) is 11.3. The zero-order chi connectivity index (χ0) is 28.3. The van der Waals surface area contributed by atoms with Crippen LogP contribution >= 0.6 is 0 Å². The summed E-state index contributed by atoms with van der Waals surface area (Å²) in [6.45, 7) is -1.09. The fraction of sp³-hybridized carbons (Fsp3) is 0.348. The van der Waals surface area contributed by atoms with Crippen molar-refractivity contribution < 1.29 is 39.5 Å². The number of hydrogen-bond acceptors (Lipinski definition) is 8. The molecule has 3 aromatic rings. The van der Waals surface area contributed by atoms with Gasteiger partial charge in [0, 0.05) is 25.3 Å². The molecule has 2 heterocycles. The van der Waals surface area contributed by atoms with Crippen LogP contribution in [0.2, 0.25) is 0 Å². The van der Waals surface area contributed by atoms with E-state index in [-0.39, 0.29) is 48.0 Å². The van der Waals surface area contributed by atoms with E-state index >= 15 is 0 Å². The molecular weight excluding hydrogens is 554 g/mol. The number of ether oxygens (including phenoxy) is 1. The lowest BCUT2D eigenvalue weighted by Crippen LogP contribution is -2.30. The molecule has 2 N–H and O–H groups in total. The number of aromatic nitrogens is 3. The maximum atomic E-state index is 13.0. The zero-order valence-electron chi connectivity index (χ0n) is 20.0. The lowest BCUT2D eigenvalue weighted by atomic mass is 10.1. The van der Waals surface area contributed by atoms with E-state index in [0.717, 1.165) is 18.2 Å². The van der Waals surface area contributed by atoms with Gasteiger partial charge in [0.15, 0.2) is 6.61 Å². The maximum Gasteiger partial charge on any atom is 0.422 e. The van der Waals surface area contributed by atoms with Crippen molar-refractivity contribution >= 4 is 27.6 Å². The van der Waals surface area contributed by atoms with Crippen molar-refractivity contribution in [1.29, 1.82) is 0 Å². The van der Waals surface area contributed by atoms with Crippen LogP contribution in [0.25, 0.3) is 0 Å². The van der Waals surface area contributed by atoms with Crippen LogP contribution in [0.3, 0.4) is 0 Å². The van der Waals surface area contributed by atoms with E-state index in [1.165, 1.54) is 22.5 Å². The standard InChI is InChI=1S/C23H22F6N6O3S/c24-22(25,26)14-38-21-33-19(32-20(34-21)31-17-6-4-5-16(11-17)23(27,28)29)30-12-15-9-10-35(13-15)39(36,37)18-7-2-1-3-8-18/h1-8,11,15H,9-10,12-14H2,(H2,30,31,32,33,34). The number of nitrogens with zero attached hydrogens (tertiary/aromatic N) is 4. The van der Waals surface area contributed by atoms with Crippen molar-refractivity contribution in [3.8, 4) is 6.01 Å². The molecule has 4 rings (SSSR count). The molecule has 2 aromatic carbocycles. The van der Waals surface area contributed by atoms with Gasteiger partial charge in [0.2, 0.25) is 21.9 Å². The highest BCUT2D eigenvalue weighted by atomic mass is 32.2. The molecule has 210 valence electrons. The molecule has 9 nitrogen and oxygen atoms in total. The molecule has 1 aliphatic rings. The van der Waals surface area contributed by atoms with Gasteiger partial charge in [-0.3, -0.25) is 0 Å². The number of alkyl halides is 6. The first kappa shape index (κ1) is 28.4. The van der Waals surface area contributed by atoms with Crippen LogP contribution < -0.4 is 15.4 Å². The minimum atomic E-state index is -4.69. The number of nitrogens with one attached hydrogen (secondary N) is 2. The number of rotatable bonds is 9. The average molecular weight is 577 g/mol. The Balaban J connectivity index is 1.47. The molecule has 0 radical (unpaired) electrons. The second kappa shape index (κ2) is 11.2. The predicted molar refractivity (Wildman–Crippen MR) is 128 cm³/mol. The van der Waals surface area contributed by atoms with Crippen LogP contribution in [-0.4, -0.2) is 60.1 Å². The van der Waals surface area contributed by atoms with Gasteiger partial charge < -0.3 is 15.4 Å². The van der Waals surface area contributed by atoms with E-state index in [1.54, 1.807) is 18.2 Å². The number of benzene rings is 2. The molecule has 0 bridgehead atoms. The Morgan fingerprint density at radius 3 is 2.36 bits per heavy atom. The SMILES string of the molecule is O=S(=O)(c1ccccc1)N1CCC(CNc2nc(Nc3cccc(C(F)(F)F)c3)nc(OCC(F)(F)F)n2)C1. The van der Waals surface area contributed by atoms with Crippen molar-refractivity contribution in [2.45, 2.75) is 23.7 Å². The highest BCUT2D eigenvalue weighted by Gasteiger charge is 2.33. The Labute approximate surface area is 219 Å². The van der Waals surface area contributed by atoms with Crippen LogP contribution in [0.15, 0.2) is 59.5 Å². The molecular formula is C23H22F6N6O3S. The summed E-state index contributed by atoms with van der Waals surface area (Å²) >= 11 is 0. The predicted octanol–water partition coefficient (Wildman–Crippen LogP) is 4.70. The largest absolute Gasteiger partial charge is 0.454 e. The van der Waals surface area contributed by atoms with E-state index in [0.29, 0.717) is 6.42 Å². The fourth-order valence-corrected chi connectivity index (χ4v) is 5.32. The topological polar surface area (TPSA) is 109 Å². The van der Waals surface area contributed by atoms with Crippen molar-refractivity contribution in [3.63, 3.8) is 0 Å². The summed E-state index contributed by atoms with van der Waals surface area (Å²) in [5.41, 5.74) is -1.02. The lowest BCUT2D eigenvalue weighted by Gasteiger charge is -2.17. The van der Waals surface area contributed by atoms with E-state index < -0.39 is 40.6 Å². The number of anilines is 3. The Bertz CT molecular complexity index is 1390. The maximum absolute atomic E-state index is 13.0. The quantitative estimate of drug-likeness (QED) is 0.353. The second-order valence-electron chi connectivity index (χ2n) is 8.58. The Hall–Kier alpha value is -3.66. The van der Waals surface area contributed by atoms with Crippen molar-refractivity contribution in [3.05, 3.63) is 60.2 Å². The first-order valence-corrected chi connectivity index (χ1v) is 12.9. The summed E-state index contributed by atoms with van der Waals surface area (Å²) in [4.78, 5) is 11.7. The third-order valence-corrected chi connectivity index (χ3v) is 7.48.